The van der Waals surface area contributed by atoms with E-state index in [9.17, 15) is 14.4 Å². The average Bonchev–Trinajstić information content (AvgIpc) is 3.16. The third kappa shape index (κ3) is 4.70. The summed E-state index contributed by atoms with van der Waals surface area (Å²) in [5.74, 6) is -2.15. The van der Waals surface area contributed by atoms with Crippen LogP contribution in [0.3, 0.4) is 0 Å². The molecule has 0 aliphatic carbocycles. The van der Waals surface area contributed by atoms with Crippen LogP contribution in [0.5, 0.6) is 0 Å². The maximum Gasteiger partial charge on any atom is 0.287 e. The van der Waals surface area contributed by atoms with Crippen LogP contribution in [0.2, 0.25) is 0 Å². The number of nitrogens with two attached hydrogens (primary N) is 1. The minimum Gasteiger partial charge on any atom is -0.363 e. The molecule has 0 aliphatic heterocycles. The van der Waals surface area contributed by atoms with Gasteiger partial charge in [-0.2, -0.15) is 0 Å². The smallest absolute Gasteiger partial charge is 0.287 e. The lowest BCUT2D eigenvalue weighted by molar-refractivity contribution is -0.137. The van der Waals surface area contributed by atoms with E-state index < -0.39 is 23.6 Å². The first-order valence-corrected chi connectivity index (χ1v) is 8.70. The number of ketones is 1. The van der Waals surface area contributed by atoms with E-state index in [2.05, 4.69) is 10.5 Å². The Balaban J connectivity index is 1.78. The van der Waals surface area contributed by atoms with Gasteiger partial charge in [-0.05, 0) is 11.1 Å². The van der Waals surface area contributed by atoms with Crippen molar-refractivity contribution < 1.29 is 18.9 Å². The number of benzene rings is 2. The first-order chi connectivity index (χ1) is 13.5. The predicted octanol–water partition coefficient (Wildman–Crippen LogP) is 1.66. The van der Waals surface area contributed by atoms with Gasteiger partial charge in [-0.15, -0.1) is 0 Å². The largest absolute Gasteiger partial charge is 0.363 e. The summed E-state index contributed by atoms with van der Waals surface area (Å²) in [4.78, 5) is 36.3. The Kier molecular flexibility index (Phi) is 5.96. The van der Waals surface area contributed by atoms with Crippen LogP contribution in [-0.4, -0.2) is 28.8 Å². The van der Waals surface area contributed by atoms with E-state index in [1.54, 1.807) is 24.3 Å². The van der Waals surface area contributed by atoms with E-state index in [0.717, 1.165) is 11.1 Å². The monoisotopic (exact) mass is 377 g/mol. The third-order valence-electron chi connectivity index (χ3n) is 4.24. The molecule has 1 atom stereocenters. The Labute approximate surface area is 161 Å². The molecule has 7 nitrogen and oxygen atoms in total. The number of primary amides is 1. The van der Waals surface area contributed by atoms with Crippen molar-refractivity contribution in [1.29, 1.82) is 0 Å². The summed E-state index contributed by atoms with van der Waals surface area (Å²) in [7, 11) is 0. The highest BCUT2D eigenvalue weighted by Crippen LogP contribution is 2.15. The summed E-state index contributed by atoms with van der Waals surface area (Å²) >= 11 is 0. The molecule has 0 spiro atoms. The quantitative estimate of drug-likeness (QED) is 0.579. The maximum absolute atomic E-state index is 12.7. The fourth-order valence-electron chi connectivity index (χ4n) is 2.82. The summed E-state index contributed by atoms with van der Waals surface area (Å²) < 4.78 is 5.21. The third-order valence-corrected chi connectivity index (χ3v) is 4.24. The first kappa shape index (κ1) is 19.0. The molecule has 0 saturated heterocycles. The summed E-state index contributed by atoms with van der Waals surface area (Å²) in [6.07, 6.45) is 1.81. The maximum atomic E-state index is 12.7. The lowest BCUT2D eigenvalue weighted by atomic mass is 10.0. The number of nitrogens with one attached hydrogen (secondary N) is 1. The summed E-state index contributed by atoms with van der Waals surface area (Å²) in [5, 5.41) is 6.28. The van der Waals surface area contributed by atoms with Crippen LogP contribution in [0.15, 0.2) is 71.4 Å². The Morgan fingerprint density at radius 1 is 0.964 bits per heavy atom. The number of amides is 2. The average molecular weight is 377 g/mol. The molecule has 28 heavy (non-hydrogen) atoms. The standard InChI is InChI=1S/C21H19N3O4/c22-20(26)19(25)17(11-14-7-3-1-4-8-14)24-21(27)16-13-23-28-18(16)12-15-9-5-2-6-10-15/h1-10,13,17H,11-12H2,(H2,22,26)(H,24,27). The number of rotatable bonds is 8. The van der Waals surface area contributed by atoms with Crippen molar-refractivity contribution >= 4 is 17.6 Å². The molecule has 0 fully saturated rings. The molecule has 0 radical (unpaired) electrons. The van der Waals surface area contributed by atoms with Gasteiger partial charge < -0.3 is 15.6 Å². The van der Waals surface area contributed by atoms with Gasteiger partial charge in [0.2, 0.25) is 5.78 Å². The second-order valence-corrected chi connectivity index (χ2v) is 6.27. The van der Waals surface area contributed by atoms with E-state index in [1.165, 1.54) is 6.20 Å². The van der Waals surface area contributed by atoms with Crippen LogP contribution in [0.1, 0.15) is 27.2 Å². The normalized spacial score (nSPS) is 11.6. The van der Waals surface area contributed by atoms with Crippen LogP contribution in [0, 0.1) is 0 Å². The topological polar surface area (TPSA) is 115 Å². The summed E-state index contributed by atoms with van der Waals surface area (Å²) in [6.45, 7) is 0. The minimum absolute atomic E-state index is 0.146. The molecule has 0 saturated carbocycles. The molecule has 2 aromatic carbocycles. The molecule has 3 aromatic rings. The van der Waals surface area contributed by atoms with E-state index >= 15 is 0 Å². The molecule has 1 unspecified atom stereocenters. The molecule has 3 rings (SSSR count). The van der Waals surface area contributed by atoms with Gasteiger partial charge >= 0.3 is 0 Å². The van der Waals surface area contributed by atoms with E-state index in [4.69, 9.17) is 10.3 Å². The van der Waals surface area contributed by atoms with Crippen molar-refractivity contribution in [3.63, 3.8) is 0 Å². The molecule has 0 aliphatic rings. The zero-order valence-electron chi connectivity index (χ0n) is 15.0. The number of Topliss-reactive ketones (excluding diaryl/α,β-unsaturated/α-hetero) is 1. The molecular weight excluding hydrogens is 358 g/mol. The molecule has 3 N–H and O–H groups in total. The van der Waals surface area contributed by atoms with Crippen LogP contribution in [0.4, 0.5) is 0 Å². The van der Waals surface area contributed by atoms with Crippen molar-refractivity contribution in [1.82, 2.24) is 10.5 Å². The van der Waals surface area contributed by atoms with Gasteiger partial charge in [-0.1, -0.05) is 65.8 Å². The van der Waals surface area contributed by atoms with Crippen molar-refractivity contribution in [3.05, 3.63) is 89.3 Å². The lowest BCUT2D eigenvalue weighted by Gasteiger charge is -2.16. The highest BCUT2D eigenvalue weighted by molar-refractivity contribution is 6.38. The second kappa shape index (κ2) is 8.77. The molecular formula is C21H19N3O4. The number of carbonyl (C=O) groups excluding carboxylic acids is 3. The van der Waals surface area contributed by atoms with E-state index in [-0.39, 0.29) is 12.0 Å². The summed E-state index contributed by atoms with van der Waals surface area (Å²) in [6, 6.07) is 17.4. The van der Waals surface area contributed by atoms with Crippen LogP contribution in [0.25, 0.3) is 0 Å². The predicted molar refractivity (Wildman–Crippen MR) is 101 cm³/mol. The van der Waals surface area contributed by atoms with E-state index in [0.29, 0.717) is 12.2 Å². The molecule has 1 heterocycles. The highest BCUT2D eigenvalue weighted by atomic mass is 16.5. The Bertz CT molecular complexity index is 968. The number of hydrogen-bond acceptors (Lipinski definition) is 5. The molecule has 7 heteroatoms. The van der Waals surface area contributed by atoms with Crippen molar-refractivity contribution in [3.8, 4) is 0 Å². The zero-order chi connectivity index (χ0) is 19.9. The number of carbonyl (C=O) groups is 3. The fourth-order valence-corrected chi connectivity index (χ4v) is 2.82. The van der Waals surface area contributed by atoms with Gasteiger partial charge in [-0.3, -0.25) is 14.4 Å². The Hall–Kier alpha value is -3.74. The van der Waals surface area contributed by atoms with Crippen molar-refractivity contribution in [2.45, 2.75) is 18.9 Å². The Morgan fingerprint density at radius 2 is 1.57 bits per heavy atom. The highest BCUT2D eigenvalue weighted by Gasteiger charge is 2.27. The van der Waals surface area contributed by atoms with Crippen molar-refractivity contribution in [2.24, 2.45) is 5.73 Å². The van der Waals surface area contributed by atoms with Gasteiger partial charge in [0, 0.05) is 12.8 Å². The molecule has 142 valence electrons. The Morgan fingerprint density at radius 3 is 2.18 bits per heavy atom. The van der Waals surface area contributed by atoms with Gasteiger partial charge in [0.1, 0.15) is 11.6 Å². The number of nitrogens with zero attached hydrogens (tertiary/aromatic N) is 1. The van der Waals surface area contributed by atoms with Gasteiger partial charge in [0.05, 0.1) is 6.20 Å². The zero-order valence-corrected chi connectivity index (χ0v) is 15.0. The van der Waals surface area contributed by atoms with Gasteiger partial charge in [0.15, 0.2) is 5.76 Å². The van der Waals surface area contributed by atoms with Gasteiger partial charge in [0.25, 0.3) is 11.8 Å². The lowest BCUT2D eigenvalue weighted by Crippen LogP contribution is -2.47. The molecule has 2 amide bonds. The van der Waals surface area contributed by atoms with Crippen LogP contribution in [-0.2, 0) is 22.4 Å². The van der Waals surface area contributed by atoms with E-state index in [1.807, 2.05) is 36.4 Å². The van der Waals surface area contributed by atoms with Crippen molar-refractivity contribution in [2.75, 3.05) is 0 Å². The number of aromatic nitrogens is 1. The van der Waals surface area contributed by atoms with Crippen LogP contribution < -0.4 is 11.1 Å². The fraction of sp³-hybridized carbons (Fsp3) is 0.143. The molecule has 1 aromatic heterocycles. The van der Waals surface area contributed by atoms with Gasteiger partial charge in [-0.25, -0.2) is 0 Å². The van der Waals surface area contributed by atoms with Crippen LogP contribution >= 0.6 is 0 Å². The first-order valence-electron chi connectivity index (χ1n) is 8.70. The summed E-state index contributed by atoms with van der Waals surface area (Å²) in [5.41, 5.74) is 7.09. The second-order valence-electron chi connectivity index (χ2n) is 6.27. The number of hydrogen-bond donors (Lipinski definition) is 2. The molecule has 0 bridgehead atoms. The minimum atomic E-state index is -1.10. The SMILES string of the molecule is NC(=O)C(=O)C(Cc1ccccc1)NC(=O)c1cnoc1Cc1ccccc1.